The normalized spacial score (nSPS) is 21.0. The molecule has 1 aliphatic heterocycles. The summed E-state index contributed by atoms with van der Waals surface area (Å²) >= 11 is 0. The molecule has 2 N–H and O–H groups in total. The Morgan fingerprint density at radius 3 is 2.00 bits per heavy atom. The maximum atomic E-state index is 9.05. The van der Waals surface area contributed by atoms with E-state index in [2.05, 4.69) is 18.7 Å². The quantitative estimate of drug-likeness (QED) is 0.704. The fourth-order valence-electron chi connectivity index (χ4n) is 2.24. The monoisotopic (exact) mass is 201 g/mol. The summed E-state index contributed by atoms with van der Waals surface area (Å²) in [4.78, 5) is 2.21. The maximum Gasteiger partial charge on any atom is 0.0609 e. The fourth-order valence-corrected chi connectivity index (χ4v) is 2.24. The van der Waals surface area contributed by atoms with E-state index < -0.39 is 0 Å². The number of likely N-dealkylation sites (tertiary alicyclic amines) is 1. The Morgan fingerprint density at radius 1 is 1.14 bits per heavy atom. The molecule has 14 heavy (non-hydrogen) atoms. The summed E-state index contributed by atoms with van der Waals surface area (Å²) in [6.45, 7) is 6.74. The summed E-state index contributed by atoms with van der Waals surface area (Å²) in [6, 6.07) is -0.0388. The van der Waals surface area contributed by atoms with E-state index >= 15 is 0 Å². The van der Waals surface area contributed by atoms with Crippen LogP contribution < -0.4 is 0 Å². The van der Waals surface area contributed by atoms with Crippen LogP contribution in [0.15, 0.2) is 0 Å². The van der Waals surface area contributed by atoms with Gasteiger partial charge in [0.25, 0.3) is 0 Å². The molecule has 0 atom stereocenters. The lowest BCUT2D eigenvalue weighted by Gasteiger charge is -2.37. The van der Waals surface area contributed by atoms with Crippen molar-refractivity contribution >= 4 is 0 Å². The SMILES string of the molecule is CC(C)C1CCN(C(CO)CO)CC1. The Kier molecular flexibility index (Phi) is 4.85. The van der Waals surface area contributed by atoms with Gasteiger partial charge in [0, 0.05) is 0 Å². The zero-order valence-electron chi connectivity index (χ0n) is 9.32. The zero-order chi connectivity index (χ0) is 10.6. The Hall–Kier alpha value is -0.120. The third-order valence-corrected chi connectivity index (χ3v) is 3.45. The van der Waals surface area contributed by atoms with Crippen LogP contribution in [0.1, 0.15) is 26.7 Å². The van der Waals surface area contributed by atoms with Crippen molar-refractivity contribution in [2.75, 3.05) is 26.3 Å². The van der Waals surface area contributed by atoms with Gasteiger partial charge >= 0.3 is 0 Å². The average Bonchev–Trinajstić information content (AvgIpc) is 2.20. The first-order chi connectivity index (χ1) is 6.69. The van der Waals surface area contributed by atoms with Crippen molar-refractivity contribution in [3.8, 4) is 0 Å². The van der Waals surface area contributed by atoms with E-state index in [0.29, 0.717) is 0 Å². The van der Waals surface area contributed by atoms with Crippen LogP contribution in [0.5, 0.6) is 0 Å². The largest absolute Gasteiger partial charge is 0.395 e. The van der Waals surface area contributed by atoms with Crippen LogP contribution in [-0.2, 0) is 0 Å². The summed E-state index contributed by atoms with van der Waals surface area (Å²) < 4.78 is 0. The van der Waals surface area contributed by atoms with Crippen LogP contribution in [0.3, 0.4) is 0 Å². The number of hydrogen-bond donors (Lipinski definition) is 2. The number of aliphatic hydroxyl groups is 2. The number of nitrogens with zero attached hydrogens (tertiary/aromatic N) is 1. The second-order valence-electron chi connectivity index (χ2n) is 4.64. The molecule has 0 aromatic rings. The summed E-state index contributed by atoms with van der Waals surface area (Å²) in [6.07, 6.45) is 2.41. The van der Waals surface area contributed by atoms with E-state index in [1.54, 1.807) is 0 Å². The average molecular weight is 201 g/mol. The Bertz CT molecular complexity index is 149. The van der Waals surface area contributed by atoms with Gasteiger partial charge in [0.05, 0.1) is 19.3 Å². The molecule has 1 saturated heterocycles. The molecule has 0 unspecified atom stereocenters. The predicted octanol–water partition coefficient (Wildman–Crippen LogP) is 0.708. The highest BCUT2D eigenvalue weighted by molar-refractivity contribution is 4.78. The van der Waals surface area contributed by atoms with Gasteiger partial charge in [-0.3, -0.25) is 4.90 Å². The third-order valence-electron chi connectivity index (χ3n) is 3.45. The fraction of sp³-hybridized carbons (Fsp3) is 1.00. The first kappa shape index (κ1) is 12.0. The van der Waals surface area contributed by atoms with Crippen molar-refractivity contribution in [2.24, 2.45) is 11.8 Å². The minimum absolute atomic E-state index is 0.0388. The van der Waals surface area contributed by atoms with Crippen LogP contribution in [0.4, 0.5) is 0 Å². The highest BCUT2D eigenvalue weighted by atomic mass is 16.3. The van der Waals surface area contributed by atoms with Crippen molar-refractivity contribution in [3.63, 3.8) is 0 Å². The molecule has 0 radical (unpaired) electrons. The standard InChI is InChI=1S/C11H23NO2/c1-9(2)10-3-5-12(6-4-10)11(7-13)8-14/h9-11,13-14H,3-8H2,1-2H3. The van der Waals surface area contributed by atoms with E-state index in [-0.39, 0.29) is 19.3 Å². The minimum atomic E-state index is -0.0388. The van der Waals surface area contributed by atoms with Gasteiger partial charge in [0.15, 0.2) is 0 Å². The number of rotatable bonds is 4. The highest BCUT2D eigenvalue weighted by Gasteiger charge is 2.25. The van der Waals surface area contributed by atoms with E-state index in [1.165, 1.54) is 12.8 Å². The molecular formula is C11H23NO2. The van der Waals surface area contributed by atoms with Crippen molar-refractivity contribution in [3.05, 3.63) is 0 Å². The van der Waals surface area contributed by atoms with E-state index in [0.717, 1.165) is 24.9 Å². The first-order valence-corrected chi connectivity index (χ1v) is 5.64. The van der Waals surface area contributed by atoms with Crippen LogP contribution >= 0.6 is 0 Å². The summed E-state index contributed by atoms with van der Waals surface area (Å²) in [5, 5.41) is 18.1. The zero-order valence-corrected chi connectivity index (χ0v) is 9.32. The van der Waals surface area contributed by atoms with Crippen LogP contribution in [0, 0.1) is 11.8 Å². The van der Waals surface area contributed by atoms with Gasteiger partial charge in [-0.25, -0.2) is 0 Å². The molecule has 0 aromatic heterocycles. The van der Waals surface area contributed by atoms with E-state index in [9.17, 15) is 0 Å². The van der Waals surface area contributed by atoms with Gasteiger partial charge in [0.1, 0.15) is 0 Å². The summed E-state index contributed by atoms with van der Waals surface area (Å²) in [7, 11) is 0. The minimum Gasteiger partial charge on any atom is -0.395 e. The van der Waals surface area contributed by atoms with Crippen LogP contribution in [0.2, 0.25) is 0 Å². The van der Waals surface area contributed by atoms with Gasteiger partial charge in [-0.1, -0.05) is 13.8 Å². The van der Waals surface area contributed by atoms with Crippen molar-refractivity contribution in [1.29, 1.82) is 0 Å². The lowest BCUT2D eigenvalue weighted by molar-refractivity contribution is 0.0432. The Labute approximate surface area is 86.7 Å². The molecule has 1 rings (SSSR count). The number of hydrogen-bond acceptors (Lipinski definition) is 3. The first-order valence-electron chi connectivity index (χ1n) is 5.64. The van der Waals surface area contributed by atoms with Crippen molar-refractivity contribution < 1.29 is 10.2 Å². The molecule has 0 aliphatic carbocycles. The van der Waals surface area contributed by atoms with Crippen LogP contribution in [0.25, 0.3) is 0 Å². The third kappa shape index (κ3) is 2.94. The molecule has 1 aliphatic rings. The van der Waals surface area contributed by atoms with Crippen molar-refractivity contribution in [1.82, 2.24) is 4.90 Å². The second kappa shape index (κ2) is 5.69. The van der Waals surface area contributed by atoms with Gasteiger partial charge in [-0.15, -0.1) is 0 Å². The Balaban J connectivity index is 2.34. The molecule has 1 fully saturated rings. The van der Waals surface area contributed by atoms with E-state index in [1.807, 2.05) is 0 Å². The lowest BCUT2D eigenvalue weighted by Crippen LogP contribution is -2.45. The van der Waals surface area contributed by atoms with Gasteiger partial charge in [0.2, 0.25) is 0 Å². The summed E-state index contributed by atoms with van der Waals surface area (Å²) in [5.41, 5.74) is 0. The molecule has 84 valence electrons. The van der Waals surface area contributed by atoms with Gasteiger partial charge < -0.3 is 10.2 Å². The molecule has 1 heterocycles. The Morgan fingerprint density at radius 2 is 1.64 bits per heavy atom. The molecule has 0 bridgehead atoms. The smallest absolute Gasteiger partial charge is 0.0609 e. The van der Waals surface area contributed by atoms with Crippen molar-refractivity contribution in [2.45, 2.75) is 32.7 Å². The molecule has 3 heteroatoms. The van der Waals surface area contributed by atoms with E-state index in [4.69, 9.17) is 10.2 Å². The topological polar surface area (TPSA) is 43.7 Å². The van der Waals surface area contributed by atoms with Gasteiger partial charge in [-0.05, 0) is 37.8 Å². The molecule has 0 amide bonds. The maximum absolute atomic E-state index is 9.05. The summed E-state index contributed by atoms with van der Waals surface area (Å²) in [5.74, 6) is 1.59. The molecular weight excluding hydrogens is 178 g/mol. The second-order valence-corrected chi connectivity index (χ2v) is 4.64. The predicted molar refractivity (Wildman–Crippen MR) is 57.1 cm³/mol. The molecule has 0 aromatic carbocycles. The molecule has 3 nitrogen and oxygen atoms in total. The number of aliphatic hydroxyl groups excluding tert-OH is 2. The van der Waals surface area contributed by atoms with Gasteiger partial charge in [-0.2, -0.15) is 0 Å². The van der Waals surface area contributed by atoms with Crippen LogP contribution in [-0.4, -0.2) is 47.5 Å². The number of piperidine rings is 1. The molecule has 0 saturated carbocycles. The highest BCUT2D eigenvalue weighted by Crippen LogP contribution is 2.25. The lowest BCUT2D eigenvalue weighted by atomic mass is 9.86. The molecule has 0 spiro atoms.